The lowest BCUT2D eigenvalue weighted by Crippen LogP contribution is -2.24. The first-order valence-electron chi connectivity index (χ1n) is 5.16. The second-order valence-electron chi connectivity index (χ2n) is 3.64. The van der Waals surface area contributed by atoms with Crippen LogP contribution in [0.3, 0.4) is 0 Å². The summed E-state index contributed by atoms with van der Waals surface area (Å²) in [4.78, 5) is 22.9. The Kier molecular flexibility index (Phi) is 2.93. The summed E-state index contributed by atoms with van der Waals surface area (Å²) >= 11 is 0. The summed E-state index contributed by atoms with van der Waals surface area (Å²) in [6.07, 6.45) is 0. The first-order chi connectivity index (χ1) is 8.58. The van der Waals surface area contributed by atoms with E-state index in [0.717, 1.165) is 0 Å². The van der Waals surface area contributed by atoms with E-state index in [1.165, 1.54) is 14.2 Å². The fourth-order valence-electron chi connectivity index (χ4n) is 1.75. The van der Waals surface area contributed by atoms with Gasteiger partial charge in [0, 0.05) is 0 Å². The molecule has 0 fully saturated rings. The van der Waals surface area contributed by atoms with Crippen molar-refractivity contribution in [2.75, 3.05) is 14.2 Å². The third kappa shape index (κ3) is 1.77. The molecule has 1 aliphatic heterocycles. The van der Waals surface area contributed by atoms with Gasteiger partial charge < -0.3 is 15.2 Å². The Balaban J connectivity index is 2.53. The van der Waals surface area contributed by atoms with Crippen LogP contribution in [-0.4, -0.2) is 26.0 Å². The summed E-state index contributed by atoms with van der Waals surface area (Å²) in [5.74, 6) is -0.0953. The van der Waals surface area contributed by atoms with Crippen LogP contribution in [0.4, 0.5) is 0 Å². The van der Waals surface area contributed by atoms with Gasteiger partial charge in [0.15, 0.2) is 11.5 Å². The minimum Gasteiger partial charge on any atom is -0.493 e. The number of rotatable bonds is 3. The molecular formula is C12H12N2O4. The van der Waals surface area contributed by atoms with Crippen LogP contribution in [0.1, 0.15) is 5.56 Å². The second-order valence-corrected chi connectivity index (χ2v) is 3.64. The molecule has 1 aromatic carbocycles. The number of hydrogen-bond donors (Lipinski definition) is 2. The van der Waals surface area contributed by atoms with E-state index in [1.807, 2.05) is 0 Å². The van der Waals surface area contributed by atoms with E-state index < -0.39 is 11.8 Å². The van der Waals surface area contributed by atoms with Crippen LogP contribution in [0, 0.1) is 0 Å². The lowest BCUT2D eigenvalue weighted by atomic mass is 10.0. The minimum absolute atomic E-state index is 0.0905. The number of imide groups is 1. The number of amides is 2. The van der Waals surface area contributed by atoms with Gasteiger partial charge in [0.25, 0.3) is 11.8 Å². The molecule has 6 heteroatoms. The van der Waals surface area contributed by atoms with Crippen molar-refractivity contribution in [3.05, 3.63) is 29.5 Å². The predicted molar refractivity (Wildman–Crippen MR) is 63.8 cm³/mol. The van der Waals surface area contributed by atoms with Crippen LogP contribution in [-0.2, 0) is 9.59 Å². The maximum atomic E-state index is 11.6. The average Bonchev–Trinajstić information content (AvgIpc) is 2.62. The number of nitrogens with one attached hydrogen (secondary N) is 1. The fraction of sp³-hybridized carbons (Fsp3) is 0.167. The molecule has 94 valence electrons. The van der Waals surface area contributed by atoms with Crippen molar-refractivity contribution >= 4 is 17.4 Å². The van der Waals surface area contributed by atoms with Gasteiger partial charge >= 0.3 is 0 Å². The van der Waals surface area contributed by atoms with Gasteiger partial charge in [0.2, 0.25) is 0 Å². The third-order valence-corrected chi connectivity index (χ3v) is 2.64. The van der Waals surface area contributed by atoms with E-state index >= 15 is 0 Å². The summed E-state index contributed by atoms with van der Waals surface area (Å²) in [6, 6.07) is 4.88. The Morgan fingerprint density at radius 1 is 1.06 bits per heavy atom. The fourth-order valence-corrected chi connectivity index (χ4v) is 1.75. The Hall–Kier alpha value is -2.50. The van der Waals surface area contributed by atoms with Crippen molar-refractivity contribution in [1.82, 2.24) is 5.32 Å². The molecule has 0 atom stereocenters. The van der Waals surface area contributed by atoms with E-state index in [9.17, 15) is 9.59 Å². The number of nitrogens with two attached hydrogens (primary N) is 1. The summed E-state index contributed by atoms with van der Waals surface area (Å²) < 4.78 is 10.2. The molecule has 2 rings (SSSR count). The van der Waals surface area contributed by atoms with Crippen LogP contribution in [0.25, 0.3) is 5.57 Å². The lowest BCUT2D eigenvalue weighted by Gasteiger charge is -2.09. The van der Waals surface area contributed by atoms with Crippen molar-refractivity contribution in [2.45, 2.75) is 0 Å². The second kappa shape index (κ2) is 4.40. The Labute approximate surface area is 103 Å². The van der Waals surface area contributed by atoms with Gasteiger partial charge in [-0.15, -0.1) is 0 Å². The molecular weight excluding hydrogens is 236 g/mol. The van der Waals surface area contributed by atoms with Gasteiger partial charge in [-0.1, -0.05) is 6.07 Å². The molecule has 1 aliphatic rings. The maximum Gasteiger partial charge on any atom is 0.274 e. The van der Waals surface area contributed by atoms with Crippen molar-refractivity contribution < 1.29 is 19.1 Å². The number of methoxy groups -OCH3 is 2. The highest BCUT2D eigenvalue weighted by Crippen LogP contribution is 2.31. The monoisotopic (exact) mass is 248 g/mol. The summed E-state index contributed by atoms with van der Waals surface area (Å²) in [5, 5.41) is 2.13. The molecule has 3 N–H and O–H groups in total. The normalized spacial score (nSPS) is 14.8. The highest BCUT2D eigenvalue weighted by Gasteiger charge is 2.29. The van der Waals surface area contributed by atoms with Crippen LogP contribution in [0.2, 0.25) is 0 Å². The van der Waals surface area contributed by atoms with Crippen molar-refractivity contribution in [1.29, 1.82) is 0 Å². The van der Waals surface area contributed by atoms with Gasteiger partial charge in [-0.05, 0) is 17.7 Å². The molecule has 1 aromatic rings. The number of hydrogen-bond acceptors (Lipinski definition) is 5. The molecule has 18 heavy (non-hydrogen) atoms. The largest absolute Gasteiger partial charge is 0.493 e. The number of benzene rings is 1. The van der Waals surface area contributed by atoms with Gasteiger partial charge in [-0.2, -0.15) is 0 Å². The zero-order chi connectivity index (χ0) is 13.3. The standard InChI is InChI=1S/C12H12N2O4/c1-17-7-4-3-6(5-8(7)18-2)9-10(13)12(16)14-11(9)15/h3-5H,1-2H3,(H3,13,14,15,16). The highest BCUT2D eigenvalue weighted by molar-refractivity contribution is 6.35. The molecule has 1 heterocycles. The molecule has 0 bridgehead atoms. The zero-order valence-corrected chi connectivity index (χ0v) is 9.94. The van der Waals surface area contributed by atoms with Gasteiger partial charge in [-0.25, -0.2) is 0 Å². The Morgan fingerprint density at radius 2 is 1.72 bits per heavy atom. The molecule has 0 aliphatic carbocycles. The van der Waals surface area contributed by atoms with Crippen LogP contribution in [0.5, 0.6) is 11.5 Å². The van der Waals surface area contributed by atoms with Crippen LogP contribution >= 0.6 is 0 Å². The van der Waals surface area contributed by atoms with Gasteiger partial charge in [0.05, 0.1) is 19.8 Å². The zero-order valence-electron chi connectivity index (χ0n) is 9.94. The van der Waals surface area contributed by atoms with Crippen molar-refractivity contribution in [2.24, 2.45) is 5.73 Å². The van der Waals surface area contributed by atoms with Crippen molar-refractivity contribution in [3.63, 3.8) is 0 Å². The molecule has 0 spiro atoms. The molecule has 0 unspecified atom stereocenters. The molecule has 0 saturated carbocycles. The molecule has 6 nitrogen and oxygen atoms in total. The number of carbonyl (C=O) groups is 2. The van der Waals surface area contributed by atoms with E-state index in [4.69, 9.17) is 15.2 Å². The smallest absolute Gasteiger partial charge is 0.274 e. The molecule has 2 amide bonds. The quantitative estimate of drug-likeness (QED) is 0.736. The third-order valence-electron chi connectivity index (χ3n) is 2.64. The van der Waals surface area contributed by atoms with E-state index in [0.29, 0.717) is 17.1 Å². The summed E-state index contributed by atoms with van der Waals surface area (Å²) in [5.41, 5.74) is 6.15. The highest BCUT2D eigenvalue weighted by atomic mass is 16.5. The summed E-state index contributed by atoms with van der Waals surface area (Å²) in [7, 11) is 3.00. The average molecular weight is 248 g/mol. The molecule has 0 aromatic heterocycles. The minimum atomic E-state index is -0.579. The Morgan fingerprint density at radius 3 is 2.22 bits per heavy atom. The number of ether oxygens (including phenoxy) is 2. The topological polar surface area (TPSA) is 90.6 Å². The first-order valence-corrected chi connectivity index (χ1v) is 5.16. The Bertz CT molecular complexity index is 563. The number of carbonyl (C=O) groups excluding carboxylic acids is 2. The van der Waals surface area contributed by atoms with Gasteiger partial charge in [0.1, 0.15) is 5.70 Å². The SMILES string of the molecule is COc1ccc(C2=C(N)C(=O)NC2=O)cc1OC. The summed E-state index contributed by atoms with van der Waals surface area (Å²) in [6.45, 7) is 0. The lowest BCUT2D eigenvalue weighted by molar-refractivity contribution is -0.123. The first kappa shape index (κ1) is 12.0. The molecule has 0 radical (unpaired) electrons. The van der Waals surface area contributed by atoms with Crippen LogP contribution < -0.4 is 20.5 Å². The van der Waals surface area contributed by atoms with E-state index in [2.05, 4.69) is 5.32 Å². The predicted octanol–water partition coefficient (Wildman–Crippen LogP) is 0.0300. The van der Waals surface area contributed by atoms with Crippen molar-refractivity contribution in [3.8, 4) is 11.5 Å². The van der Waals surface area contributed by atoms with Crippen LogP contribution in [0.15, 0.2) is 23.9 Å². The van der Waals surface area contributed by atoms with Gasteiger partial charge in [-0.3, -0.25) is 14.9 Å². The maximum absolute atomic E-state index is 11.6. The van der Waals surface area contributed by atoms with E-state index in [1.54, 1.807) is 18.2 Å². The molecule has 0 saturated heterocycles. The van der Waals surface area contributed by atoms with E-state index in [-0.39, 0.29) is 11.3 Å².